The molecule has 1 aromatic carbocycles. The summed E-state index contributed by atoms with van der Waals surface area (Å²) in [5.41, 5.74) is 17.2. The molecule has 0 radical (unpaired) electrons. The first-order chi connectivity index (χ1) is 16.9. The summed E-state index contributed by atoms with van der Waals surface area (Å²) in [5, 5.41) is 26.0. The molecule has 13 nitrogen and oxygen atoms in total. The molecular weight excluding hydrogens is 472 g/mol. The summed E-state index contributed by atoms with van der Waals surface area (Å²) < 4.78 is 0. The third-order valence-corrected chi connectivity index (χ3v) is 5.35. The Morgan fingerprint density at radius 1 is 0.889 bits per heavy atom. The smallest absolute Gasteiger partial charge is 0.326 e. The molecule has 1 rings (SSSR count). The average Bonchev–Trinajstić information content (AvgIpc) is 2.81. The summed E-state index contributed by atoms with van der Waals surface area (Å²) >= 11 is 0. The molecule has 11 N–H and O–H groups in total. The van der Waals surface area contributed by atoms with Gasteiger partial charge in [0.15, 0.2) is 0 Å². The number of phenols is 1. The molecule has 0 aliphatic carbocycles. The van der Waals surface area contributed by atoms with Crippen molar-refractivity contribution in [3.05, 3.63) is 29.8 Å². The van der Waals surface area contributed by atoms with E-state index in [0.29, 0.717) is 24.9 Å². The van der Waals surface area contributed by atoms with Crippen LogP contribution in [0.15, 0.2) is 24.3 Å². The van der Waals surface area contributed by atoms with E-state index in [2.05, 4.69) is 16.0 Å². The number of nitrogens with two attached hydrogens (primary N) is 3. The average molecular weight is 509 g/mol. The third-order valence-electron chi connectivity index (χ3n) is 5.35. The zero-order valence-electron chi connectivity index (χ0n) is 20.2. The van der Waals surface area contributed by atoms with Crippen LogP contribution in [0, 0.1) is 0 Å². The highest BCUT2D eigenvalue weighted by molar-refractivity contribution is 5.94. The van der Waals surface area contributed by atoms with Crippen LogP contribution in [0.2, 0.25) is 0 Å². The maximum Gasteiger partial charge on any atom is 0.326 e. The molecule has 0 aliphatic rings. The highest BCUT2D eigenvalue weighted by atomic mass is 16.4. The van der Waals surface area contributed by atoms with Gasteiger partial charge in [0.2, 0.25) is 23.6 Å². The van der Waals surface area contributed by atoms with Crippen molar-refractivity contribution >= 4 is 29.6 Å². The number of hydrogen-bond acceptors (Lipinski definition) is 8. The molecule has 4 amide bonds. The Kier molecular flexibility index (Phi) is 12.9. The van der Waals surface area contributed by atoms with Crippen molar-refractivity contribution in [1.82, 2.24) is 16.0 Å². The normalized spacial score (nSPS) is 14.1. The number of hydrogen-bond donors (Lipinski definition) is 8. The fraction of sp³-hybridized carbons (Fsp3) is 0.522. The number of nitrogens with one attached hydrogen (secondary N) is 3. The van der Waals surface area contributed by atoms with Gasteiger partial charge < -0.3 is 43.4 Å². The van der Waals surface area contributed by atoms with Gasteiger partial charge >= 0.3 is 5.97 Å². The van der Waals surface area contributed by atoms with Gasteiger partial charge in [-0.15, -0.1) is 0 Å². The van der Waals surface area contributed by atoms with Crippen molar-refractivity contribution in [1.29, 1.82) is 0 Å². The number of carbonyl (C=O) groups excluding carboxylic acids is 4. The standard InChI is InChI=1S/C23H36N6O7/c1-13(27-21(33)16(25)12-14-5-7-15(30)8-6-14)20(32)28-17(4-2-3-11-24)22(34)29-18(23(35)36)9-10-19(26)31/h5-8,13,16-18,30H,2-4,9-12,24-25H2,1H3,(H2,26,31)(H,27,33)(H,28,32)(H,29,34)(H,35,36). The fourth-order valence-electron chi connectivity index (χ4n) is 3.24. The molecule has 0 saturated heterocycles. The van der Waals surface area contributed by atoms with E-state index in [0.717, 1.165) is 0 Å². The lowest BCUT2D eigenvalue weighted by Gasteiger charge is -2.24. The predicted molar refractivity (Wildman–Crippen MR) is 130 cm³/mol. The molecule has 0 fully saturated rings. The zero-order valence-corrected chi connectivity index (χ0v) is 20.2. The molecular formula is C23H36N6O7. The third kappa shape index (κ3) is 11.1. The summed E-state index contributed by atoms with van der Waals surface area (Å²) in [7, 11) is 0. The van der Waals surface area contributed by atoms with Crippen molar-refractivity contribution in [2.75, 3.05) is 6.54 Å². The molecule has 1 aromatic rings. The molecule has 0 aliphatic heterocycles. The van der Waals surface area contributed by atoms with E-state index in [1.54, 1.807) is 12.1 Å². The van der Waals surface area contributed by atoms with Gasteiger partial charge in [0.05, 0.1) is 6.04 Å². The van der Waals surface area contributed by atoms with Gasteiger partial charge in [-0.1, -0.05) is 12.1 Å². The van der Waals surface area contributed by atoms with Gasteiger partial charge in [-0.05, 0) is 63.3 Å². The Hall–Kier alpha value is -3.71. The van der Waals surface area contributed by atoms with Crippen LogP contribution in [0.3, 0.4) is 0 Å². The van der Waals surface area contributed by atoms with Gasteiger partial charge in [0.1, 0.15) is 23.9 Å². The topological polar surface area (TPSA) is 240 Å². The molecule has 13 heteroatoms. The first-order valence-corrected chi connectivity index (χ1v) is 11.6. The molecule has 0 saturated carbocycles. The van der Waals surface area contributed by atoms with Crippen molar-refractivity contribution in [3.63, 3.8) is 0 Å². The Balaban J connectivity index is 2.76. The van der Waals surface area contributed by atoms with Crippen molar-refractivity contribution in [2.45, 2.75) is 69.6 Å². The number of carboxylic acids is 1. The van der Waals surface area contributed by atoms with Crippen LogP contribution < -0.4 is 33.2 Å². The van der Waals surface area contributed by atoms with E-state index >= 15 is 0 Å². The van der Waals surface area contributed by atoms with Crippen molar-refractivity contribution in [2.24, 2.45) is 17.2 Å². The minimum absolute atomic E-state index is 0.0784. The number of aromatic hydroxyl groups is 1. The number of amides is 4. The number of carboxylic acid groups (broad SMARTS) is 1. The number of primary amides is 1. The summed E-state index contributed by atoms with van der Waals surface area (Å²) in [6.45, 7) is 1.78. The predicted octanol–water partition coefficient (Wildman–Crippen LogP) is -1.78. The van der Waals surface area contributed by atoms with Crippen LogP contribution in [-0.4, -0.2) is 70.5 Å². The van der Waals surface area contributed by atoms with Crippen molar-refractivity contribution < 1.29 is 34.2 Å². The minimum atomic E-state index is -1.37. The van der Waals surface area contributed by atoms with Crippen molar-refractivity contribution in [3.8, 4) is 5.75 Å². The SMILES string of the molecule is CC(NC(=O)C(N)Cc1ccc(O)cc1)C(=O)NC(CCCCN)C(=O)NC(CCC(N)=O)C(=O)O. The van der Waals surface area contributed by atoms with Gasteiger partial charge in [0, 0.05) is 6.42 Å². The number of rotatable bonds is 16. The number of benzene rings is 1. The number of phenolic OH excluding ortho intramolecular Hbond substituents is 1. The largest absolute Gasteiger partial charge is 0.508 e. The van der Waals surface area contributed by atoms with E-state index < -0.39 is 53.8 Å². The number of carbonyl (C=O) groups is 5. The second-order valence-electron chi connectivity index (χ2n) is 8.46. The van der Waals surface area contributed by atoms with Crippen LogP contribution >= 0.6 is 0 Å². The van der Waals surface area contributed by atoms with Crippen LogP contribution in [0.5, 0.6) is 5.75 Å². The Morgan fingerprint density at radius 3 is 2.06 bits per heavy atom. The second kappa shape index (κ2) is 15.3. The first-order valence-electron chi connectivity index (χ1n) is 11.6. The summed E-state index contributed by atoms with van der Waals surface area (Å²) in [5.74, 6) is -3.99. The van der Waals surface area contributed by atoms with Crippen LogP contribution in [0.1, 0.15) is 44.6 Å². The van der Waals surface area contributed by atoms with Gasteiger partial charge in [0.25, 0.3) is 0 Å². The molecule has 4 unspecified atom stereocenters. The summed E-state index contributed by atoms with van der Waals surface area (Å²) in [4.78, 5) is 60.3. The Labute approximate surface area is 209 Å². The lowest BCUT2D eigenvalue weighted by atomic mass is 10.0. The summed E-state index contributed by atoms with van der Waals surface area (Å²) in [6, 6.07) is 1.71. The molecule has 200 valence electrons. The highest BCUT2D eigenvalue weighted by Crippen LogP contribution is 2.11. The lowest BCUT2D eigenvalue weighted by Crippen LogP contribution is -2.56. The van der Waals surface area contributed by atoms with Gasteiger partial charge in [-0.2, -0.15) is 0 Å². The highest BCUT2D eigenvalue weighted by Gasteiger charge is 2.28. The van der Waals surface area contributed by atoms with E-state index in [1.165, 1.54) is 19.1 Å². The fourth-order valence-corrected chi connectivity index (χ4v) is 3.24. The van der Waals surface area contributed by atoms with Gasteiger partial charge in [-0.3, -0.25) is 19.2 Å². The van der Waals surface area contributed by atoms with Crippen LogP contribution in [0.25, 0.3) is 0 Å². The maximum absolute atomic E-state index is 12.8. The zero-order chi connectivity index (χ0) is 27.3. The van der Waals surface area contributed by atoms with E-state index in [4.69, 9.17) is 17.2 Å². The monoisotopic (exact) mass is 508 g/mol. The first kappa shape index (κ1) is 30.3. The summed E-state index contributed by atoms with van der Waals surface area (Å²) in [6.07, 6.45) is 0.957. The molecule has 0 heterocycles. The Bertz CT molecular complexity index is 909. The second-order valence-corrected chi connectivity index (χ2v) is 8.46. The van der Waals surface area contributed by atoms with E-state index in [9.17, 15) is 34.2 Å². The van der Waals surface area contributed by atoms with E-state index in [1.807, 2.05) is 0 Å². The Morgan fingerprint density at radius 2 is 1.50 bits per heavy atom. The molecule has 0 aromatic heterocycles. The lowest BCUT2D eigenvalue weighted by molar-refractivity contribution is -0.142. The quantitative estimate of drug-likeness (QED) is 0.117. The van der Waals surface area contributed by atoms with Crippen LogP contribution in [0.4, 0.5) is 0 Å². The van der Waals surface area contributed by atoms with E-state index in [-0.39, 0.29) is 31.4 Å². The molecule has 36 heavy (non-hydrogen) atoms. The minimum Gasteiger partial charge on any atom is -0.508 e. The number of unbranched alkanes of at least 4 members (excludes halogenated alkanes) is 1. The maximum atomic E-state index is 12.8. The van der Waals surface area contributed by atoms with Crippen LogP contribution in [-0.2, 0) is 30.4 Å². The molecule has 0 bridgehead atoms. The van der Waals surface area contributed by atoms with Gasteiger partial charge in [-0.25, -0.2) is 4.79 Å². The molecule has 0 spiro atoms. The molecule has 4 atom stereocenters. The number of aliphatic carboxylic acids is 1.